The van der Waals surface area contributed by atoms with Gasteiger partial charge in [0.25, 0.3) is 5.91 Å². The van der Waals surface area contributed by atoms with Crippen molar-refractivity contribution < 1.29 is 18.9 Å². The fraction of sp³-hybridized carbons (Fsp3) is 0.667. The van der Waals surface area contributed by atoms with E-state index in [9.17, 15) is 14.1 Å². The number of fused-ring (bicyclic) bond motifs is 1. The summed E-state index contributed by atoms with van der Waals surface area (Å²) in [6.45, 7) is 2.31. The van der Waals surface area contributed by atoms with Crippen LogP contribution < -0.4 is 5.73 Å². The number of carbonyl (C=O) groups excluding carboxylic acids is 2. The molecule has 6 nitrogen and oxygen atoms in total. The van der Waals surface area contributed by atoms with Gasteiger partial charge in [-0.3, -0.25) is 9.69 Å². The molecule has 1 saturated heterocycles. The number of amides is 1. The number of carbonyl (C=O) groups is 2. The first-order valence-electron chi connectivity index (χ1n) is 6.43. The molecule has 0 bridgehead atoms. The molecule has 0 aromatic carbocycles. The molecule has 2 heterocycles. The lowest BCUT2D eigenvalue weighted by molar-refractivity contribution is -0.151. The van der Waals surface area contributed by atoms with Crippen molar-refractivity contribution in [1.82, 2.24) is 4.90 Å². The molecule has 0 radical (unpaired) electrons. The van der Waals surface area contributed by atoms with Crippen molar-refractivity contribution in [3.8, 4) is 0 Å². The molecule has 2 aliphatic heterocycles. The minimum Gasteiger partial charge on any atom is -0.614 e. The predicted molar refractivity (Wildman–Crippen MR) is 85.6 cm³/mol. The third-order valence-electron chi connectivity index (χ3n) is 3.33. The highest BCUT2D eigenvalue weighted by Gasteiger charge is 2.58. The third kappa shape index (κ3) is 3.39. The second-order valence-corrected chi connectivity index (χ2v) is 6.82. The Morgan fingerprint density at radius 3 is 2.86 bits per heavy atom. The number of β-lactam (4-membered cyclic amide) rings is 1. The van der Waals surface area contributed by atoms with Crippen molar-refractivity contribution in [2.45, 2.75) is 31.2 Å². The van der Waals surface area contributed by atoms with Gasteiger partial charge in [0.1, 0.15) is 11.4 Å². The second kappa shape index (κ2) is 7.82. The smallest absolute Gasteiger partial charge is 0.355 e. The van der Waals surface area contributed by atoms with Crippen LogP contribution in [0.15, 0.2) is 11.3 Å². The van der Waals surface area contributed by atoms with Gasteiger partial charge < -0.3 is 15.0 Å². The number of rotatable bonds is 5. The predicted octanol–water partition coefficient (Wildman–Crippen LogP) is 0.658. The van der Waals surface area contributed by atoms with Crippen LogP contribution in [-0.2, 0) is 25.5 Å². The van der Waals surface area contributed by atoms with Gasteiger partial charge in [-0.15, -0.1) is 12.4 Å². The zero-order chi connectivity index (χ0) is 14.9. The molecule has 120 valence electrons. The number of hydrogen-bond acceptors (Lipinski definition) is 5. The molecular formula is C12H18BrClN2O4S. The molecular weight excluding hydrogens is 384 g/mol. The molecule has 1 amide bonds. The van der Waals surface area contributed by atoms with Crippen LogP contribution in [0.5, 0.6) is 0 Å². The van der Waals surface area contributed by atoms with Crippen LogP contribution in [0, 0.1) is 0 Å². The van der Waals surface area contributed by atoms with Crippen LogP contribution in [0.3, 0.4) is 0 Å². The number of unbranched alkanes of at least 4 members (excludes halogenated alkanes) is 1. The number of alkyl halides is 1. The number of halogens is 2. The molecule has 0 saturated carbocycles. The van der Waals surface area contributed by atoms with E-state index in [0.717, 1.165) is 12.8 Å². The van der Waals surface area contributed by atoms with Crippen molar-refractivity contribution in [2.24, 2.45) is 5.73 Å². The fourth-order valence-electron chi connectivity index (χ4n) is 2.22. The molecule has 0 spiro atoms. The van der Waals surface area contributed by atoms with E-state index in [1.54, 1.807) is 0 Å². The molecule has 2 unspecified atom stereocenters. The van der Waals surface area contributed by atoms with Crippen molar-refractivity contribution in [1.29, 1.82) is 0 Å². The summed E-state index contributed by atoms with van der Waals surface area (Å²) in [6, 6.07) is -0.786. The minimum atomic E-state index is -1.27. The highest BCUT2D eigenvalue weighted by atomic mass is 79.9. The maximum Gasteiger partial charge on any atom is 0.355 e. The van der Waals surface area contributed by atoms with Crippen LogP contribution in [-0.4, -0.2) is 50.4 Å². The van der Waals surface area contributed by atoms with Crippen LogP contribution in [0.4, 0.5) is 0 Å². The lowest BCUT2D eigenvalue weighted by Gasteiger charge is -2.47. The first kappa shape index (κ1) is 18.8. The average Bonchev–Trinajstić information content (AvgIpc) is 2.45. The lowest BCUT2D eigenvalue weighted by Crippen LogP contribution is -2.73. The number of nitrogens with zero attached hydrogens (tertiary/aromatic N) is 1. The van der Waals surface area contributed by atoms with Crippen molar-refractivity contribution in [3.05, 3.63) is 11.3 Å². The molecule has 0 aromatic rings. The molecule has 0 aromatic heterocycles. The largest absolute Gasteiger partial charge is 0.614 e. The van der Waals surface area contributed by atoms with E-state index >= 15 is 0 Å². The monoisotopic (exact) mass is 400 g/mol. The van der Waals surface area contributed by atoms with Crippen molar-refractivity contribution in [2.75, 3.05) is 17.7 Å². The van der Waals surface area contributed by atoms with Crippen molar-refractivity contribution >= 4 is 51.4 Å². The fourth-order valence-corrected chi connectivity index (χ4v) is 4.59. The highest BCUT2D eigenvalue weighted by Crippen LogP contribution is 2.36. The summed E-state index contributed by atoms with van der Waals surface area (Å²) in [5.41, 5.74) is 6.51. The van der Waals surface area contributed by atoms with E-state index in [4.69, 9.17) is 10.5 Å². The van der Waals surface area contributed by atoms with Gasteiger partial charge in [-0.2, -0.15) is 0 Å². The Bertz CT molecular complexity index is 463. The molecule has 2 aliphatic rings. The van der Waals surface area contributed by atoms with E-state index in [-0.39, 0.29) is 29.8 Å². The maximum atomic E-state index is 12.2. The minimum absolute atomic E-state index is 0. The van der Waals surface area contributed by atoms with Gasteiger partial charge in [-0.1, -0.05) is 29.3 Å². The van der Waals surface area contributed by atoms with Crippen molar-refractivity contribution in [3.63, 3.8) is 0 Å². The molecule has 9 heteroatoms. The van der Waals surface area contributed by atoms with Gasteiger partial charge in [0.05, 0.1) is 6.61 Å². The zero-order valence-electron chi connectivity index (χ0n) is 11.5. The molecule has 1 fully saturated rings. The standard InChI is InChI=1S/C12H17BrN2O4S.ClH/c1-2-3-4-19-12(17)9-7(5-13)6-20(18)11-8(14)10(16)15(9)11;/h8,11H,2-6,14H2,1H3;1H/t8?,11-,20?;/m0./s1. The Morgan fingerprint density at radius 1 is 1.62 bits per heavy atom. The summed E-state index contributed by atoms with van der Waals surface area (Å²) in [7, 11) is 0. The van der Waals surface area contributed by atoms with Gasteiger partial charge in [0.2, 0.25) is 5.37 Å². The number of nitrogens with two attached hydrogens (primary N) is 1. The Morgan fingerprint density at radius 2 is 2.29 bits per heavy atom. The topological polar surface area (TPSA) is 95.7 Å². The Kier molecular flexibility index (Phi) is 6.99. The quantitative estimate of drug-likeness (QED) is 0.240. The first-order chi connectivity index (χ1) is 9.52. The van der Waals surface area contributed by atoms with Gasteiger partial charge in [-0.05, 0) is 17.6 Å². The van der Waals surface area contributed by atoms with Gasteiger partial charge in [-0.25, -0.2) is 4.79 Å². The lowest BCUT2D eigenvalue weighted by atomic mass is 10.0. The summed E-state index contributed by atoms with van der Waals surface area (Å²) in [4.78, 5) is 25.3. The summed E-state index contributed by atoms with van der Waals surface area (Å²) >= 11 is 2.00. The second-order valence-electron chi connectivity index (χ2n) is 4.72. The zero-order valence-corrected chi connectivity index (χ0v) is 14.8. The Labute approximate surface area is 141 Å². The van der Waals surface area contributed by atoms with Gasteiger partial charge >= 0.3 is 5.97 Å². The molecule has 0 aliphatic carbocycles. The number of hydrogen-bond donors (Lipinski definition) is 1. The maximum absolute atomic E-state index is 12.2. The molecule has 21 heavy (non-hydrogen) atoms. The molecule has 2 N–H and O–H groups in total. The van der Waals surface area contributed by atoms with Crippen LogP contribution in [0.25, 0.3) is 0 Å². The number of ether oxygens (including phenoxy) is 1. The summed E-state index contributed by atoms with van der Waals surface area (Å²) < 4.78 is 17.2. The van der Waals surface area contributed by atoms with E-state index < -0.39 is 28.6 Å². The summed E-state index contributed by atoms with van der Waals surface area (Å²) in [5, 5.41) is -0.220. The Balaban J connectivity index is 0.00000220. The number of esters is 1. The molecule has 2 rings (SSSR count). The first-order valence-corrected chi connectivity index (χ1v) is 8.94. The highest BCUT2D eigenvalue weighted by molar-refractivity contribution is 9.09. The van der Waals surface area contributed by atoms with Gasteiger partial charge in [0.15, 0.2) is 6.04 Å². The van der Waals surface area contributed by atoms with Crippen LogP contribution in [0.1, 0.15) is 19.8 Å². The Hall–Kier alpha value is -0.280. The van der Waals surface area contributed by atoms with E-state index in [2.05, 4.69) is 15.9 Å². The van der Waals surface area contributed by atoms with E-state index in [1.165, 1.54) is 4.90 Å². The molecule has 3 atom stereocenters. The van der Waals surface area contributed by atoms with E-state index in [0.29, 0.717) is 17.5 Å². The SMILES string of the molecule is CCCCOC(=O)C1=C(CBr)C[S+]([O-])[C@H]2C(N)C(=O)N12.Cl. The normalized spacial score (nSPS) is 27.7. The summed E-state index contributed by atoms with van der Waals surface area (Å²) in [6.07, 6.45) is 1.68. The van der Waals surface area contributed by atoms with E-state index in [1.807, 2.05) is 6.92 Å². The summed E-state index contributed by atoms with van der Waals surface area (Å²) in [5.74, 6) is -0.662. The van der Waals surface area contributed by atoms with Crippen LogP contribution >= 0.6 is 28.3 Å². The van der Waals surface area contributed by atoms with Gasteiger partial charge in [0, 0.05) is 10.9 Å². The van der Waals surface area contributed by atoms with Crippen LogP contribution in [0.2, 0.25) is 0 Å². The third-order valence-corrected chi connectivity index (χ3v) is 5.68. The average molecular weight is 402 g/mol.